The predicted octanol–water partition coefficient (Wildman–Crippen LogP) is 5.78. The minimum Gasteiger partial charge on any atom is -0.423 e. The summed E-state index contributed by atoms with van der Waals surface area (Å²) in [5, 5.41) is 0. The lowest BCUT2D eigenvalue weighted by Gasteiger charge is -2.22. The average Bonchev–Trinajstić information content (AvgIpc) is 2.57. The highest BCUT2D eigenvalue weighted by atomic mass is 127. The Morgan fingerprint density at radius 3 is 2.52 bits per heavy atom. The fourth-order valence-corrected chi connectivity index (χ4v) is 3.13. The average molecular weight is 418 g/mol. The first kappa shape index (κ1) is 17.5. The number of halogens is 1. The second-order valence-corrected chi connectivity index (χ2v) is 5.84. The van der Waals surface area contributed by atoms with Crippen LogP contribution in [-0.4, -0.2) is 5.97 Å². The summed E-state index contributed by atoms with van der Waals surface area (Å²) in [6, 6.07) is 7.61. The van der Waals surface area contributed by atoms with Crippen molar-refractivity contribution in [3.8, 4) is 5.75 Å². The molecule has 3 heteroatoms. The number of carbonyl (C=O) groups is 1. The van der Waals surface area contributed by atoms with Crippen molar-refractivity contribution in [1.82, 2.24) is 0 Å². The van der Waals surface area contributed by atoms with Gasteiger partial charge in [-0.3, -0.25) is 0 Å². The van der Waals surface area contributed by atoms with E-state index in [0.29, 0.717) is 5.75 Å². The van der Waals surface area contributed by atoms with Gasteiger partial charge in [-0.1, -0.05) is 66.1 Å². The Labute approximate surface area is 151 Å². The highest BCUT2D eigenvalue weighted by Gasteiger charge is 2.17. The monoisotopic (exact) mass is 418 g/mol. The van der Waals surface area contributed by atoms with Gasteiger partial charge in [-0.25, -0.2) is 4.79 Å². The van der Waals surface area contributed by atoms with Crippen LogP contribution in [0, 0.1) is 0 Å². The molecule has 0 saturated carbocycles. The molecular weight excluding hydrogens is 399 g/mol. The summed E-state index contributed by atoms with van der Waals surface area (Å²) in [4.78, 5) is 11.3. The van der Waals surface area contributed by atoms with Crippen LogP contribution in [0.4, 0.5) is 0 Å². The van der Waals surface area contributed by atoms with Gasteiger partial charge in [0.05, 0.1) is 0 Å². The van der Waals surface area contributed by atoms with E-state index in [4.69, 9.17) is 4.74 Å². The number of rotatable bonds is 5. The molecule has 0 radical (unpaired) electrons. The Kier molecular flexibility index (Phi) is 6.59. The molecule has 118 valence electrons. The van der Waals surface area contributed by atoms with Gasteiger partial charge in [0.2, 0.25) is 0 Å². The molecule has 0 saturated heterocycles. The summed E-state index contributed by atoms with van der Waals surface area (Å²) in [6.45, 7) is 7.23. The number of ether oxygens (including phenoxy) is 1. The smallest absolute Gasteiger partial charge is 0.335 e. The van der Waals surface area contributed by atoms with Crippen LogP contribution in [0.1, 0.15) is 24.8 Å². The van der Waals surface area contributed by atoms with E-state index < -0.39 is 5.97 Å². The van der Waals surface area contributed by atoms with E-state index in [2.05, 4.69) is 47.9 Å². The van der Waals surface area contributed by atoms with Crippen molar-refractivity contribution < 1.29 is 9.53 Å². The van der Waals surface area contributed by atoms with Gasteiger partial charge in [-0.15, -0.1) is 0 Å². The van der Waals surface area contributed by atoms with Gasteiger partial charge in [-0.05, 0) is 57.8 Å². The number of esters is 1. The van der Waals surface area contributed by atoms with Crippen molar-refractivity contribution in [2.24, 2.45) is 0 Å². The predicted molar refractivity (Wildman–Crippen MR) is 104 cm³/mol. The Balaban J connectivity index is 2.42. The molecule has 0 bridgehead atoms. The topological polar surface area (TPSA) is 26.3 Å². The van der Waals surface area contributed by atoms with E-state index in [0.717, 1.165) is 30.9 Å². The summed E-state index contributed by atoms with van der Waals surface area (Å²) >= 11 is 2.25. The molecule has 0 heterocycles. The Morgan fingerprint density at radius 2 is 1.91 bits per heavy atom. The summed E-state index contributed by atoms with van der Waals surface area (Å²) in [6.07, 6.45) is 10.5. The van der Waals surface area contributed by atoms with Gasteiger partial charge in [0, 0.05) is 6.08 Å². The standard InChI is InChI=1S/C20H19IO2/c1-3-6-15-7-5-8-16(13-14-21)20(15)17-9-11-18(12-10-17)23-19(22)4-2/h3-4,6,9-14H,1-2,5,7-8H2/b14-13+,15-6+. The first-order valence-electron chi connectivity index (χ1n) is 7.46. The van der Waals surface area contributed by atoms with Crippen LogP contribution in [0.5, 0.6) is 5.75 Å². The fraction of sp³-hybridized carbons (Fsp3) is 0.150. The Bertz CT molecular complexity index is 691. The van der Waals surface area contributed by atoms with E-state index >= 15 is 0 Å². The Hall–Kier alpha value is -1.88. The number of carbonyl (C=O) groups excluding carboxylic acids is 1. The lowest BCUT2D eigenvalue weighted by molar-refractivity contribution is -0.128. The van der Waals surface area contributed by atoms with Crippen LogP contribution in [0.25, 0.3) is 5.57 Å². The maximum Gasteiger partial charge on any atom is 0.335 e. The summed E-state index contributed by atoms with van der Waals surface area (Å²) in [5.41, 5.74) is 5.01. The molecule has 0 aliphatic heterocycles. The molecule has 0 aromatic heterocycles. The second-order valence-electron chi connectivity index (χ2n) is 5.12. The van der Waals surface area contributed by atoms with E-state index in [-0.39, 0.29) is 0 Å². The molecule has 0 atom stereocenters. The van der Waals surface area contributed by atoms with Crippen molar-refractivity contribution in [3.63, 3.8) is 0 Å². The minimum absolute atomic E-state index is 0.449. The molecule has 2 nitrogen and oxygen atoms in total. The van der Waals surface area contributed by atoms with Crippen molar-refractivity contribution in [1.29, 1.82) is 0 Å². The zero-order chi connectivity index (χ0) is 16.7. The molecule has 0 spiro atoms. The number of allylic oxidation sites excluding steroid dienone is 6. The van der Waals surface area contributed by atoms with Gasteiger partial charge in [0.15, 0.2) is 0 Å². The van der Waals surface area contributed by atoms with Crippen LogP contribution in [0.2, 0.25) is 0 Å². The van der Waals surface area contributed by atoms with Crippen LogP contribution >= 0.6 is 22.6 Å². The number of hydrogen-bond acceptors (Lipinski definition) is 2. The Morgan fingerprint density at radius 1 is 1.17 bits per heavy atom. The molecule has 0 amide bonds. The molecule has 1 aromatic rings. The van der Waals surface area contributed by atoms with E-state index in [9.17, 15) is 4.79 Å². The van der Waals surface area contributed by atoms with Crippen LogP contribution < -0.4 is 4.74 Å². The zero-order valence-electron chi connectivity index (χ0n) is 12.9. The fourth-order valence-electron chi connectivity index (χ4n) is 2.70. The lowest BCUT2D eigenvalue weighted by atomic mass is 9.83. The molecule has 1 aromatic carbocycles. The van der Waals surface area contributed by atoms with Gasteiger partial charge in [-0.2, -0.15) is 0 Å². The lowest BCUT2D eigenvalue weighted by Crippen LogP contribution is -2.04. The molecule has 0 N–H and O–H groups in total. The normalized spacial score (nSPS) is 16.7. The van der Waals surface area contributed by atoms with E-state index in [1.807, 2.05) is 34.4 Å². The maximum atomic E-state index is 11.3. The van der Waals surface area contributed by atoms with Crippen molar-refractivity contribution in [2.75, 3.05) is 0 Å². The molecule has 1 aliphatic rings. The third-order valence-electron chi connectivity index (χ3n) is 3.65. The third kappa shape index (κ3) is 4.55. The van der Waals surface area contributed by atoms with Gasteiger partial charge in [0.25, 0.3) is 0 Å². The molecule has 1 aliphatic carbocycles. The van der Waals surface area contributed by atoms with Crippen molar-refractivity contribution in [2.45, 2.75) is 19.3 Å². The molecular formula is C20H19IO2. The molecule has 0 fully saturated rings. The first-order valence-corrected chi connectivity index (χ1v) is 8.70. The van der Waals surface area contributed by atoms with Gasteiger partial charge >= 0.3 is 5.97 Å². The summed E-state index contributed by atoms with van der Waals surface area (Å²) < 4.78 is 7.18. The summed E-state index contributed by atoms with van der Waals surface area (Å²) in [7, 11) is 0. The second kappa shape index (κ2) is 8.67. The van der Waals surface area contributed by atoms with Crippen molar-refractivity contribution in [3.05, 3.63) is 82.5 Å². The van der Waals surface area contributed by atoms with E-state index in [1.54, 1.807) is 0 Å². The SMILES string of the molecule is C=C/C=C1\CCCC(/C=C/I)=C1c1ccc(OC(=O)C=C)cc1. The quantitative estimate of drug-likeness (QED) is 0.262. The first-order chi connectivity index (χ1) is 11.2. The maximum absolute atomic E-state index is 11.3. The largest absolute Gasteiger partial charge is 0.423 e. The highest BCUT2D eigenvalue weighted by Crippen LogP contribution is 2.38. The molecule has 0 unspecified atom stereocenters. The summed E-state index contributed by atoms with van der Waals surface area (Å²) in [5.74, 6) is 0.0747. The highest BCUT2D eigenvalue weighted by molar-refractivity contribution is 14.1. The number of benzene rings is 1. The van der Waals surface area contributed by atoms with Gasteiger partial charge < -0.3 is 4.74 Å². The molecule has 23 heavy (non-hydrogen) atoms. The zero-order valence-corrected chi connectivity index (χ0v) is 15.1. The third-order valence-corrected chi connectivity index (χ3v) is 4.01. The minimum atomic E-state index is -0.449. The molecule has 2 rings (SSSR count). The van der Waals surface area contributed by atoms with E-state index in [1.165, 1.54) is 16.7 Å². The van der Waals surface area contributed by atoms with Crippen LogP contribution in [0.3, 0.4) is 0 Å². The number of hydrogen-bond donors (Lipinski definition) is 0. The van der Waals surface area contributed by atoms with Crippen molar-refractivity contribution >= 4 is 34.1 Å². The van der Waals surface area contributed by atoms with Crippen LogP contribution in [-0.2, 0) is 4.79 Å². The van der Waals surface area contributed by atoms with Gasteiger partial charge in [0.1, 0.15) is 5.75 Å². The van der Waals surface area contributed by atoms with Crippen LogP contribution in [0.15, 0.2) is 77.0 Å².